The number of allylic oxidation sites excluding steroid dienone is 4. The first kappa shape index (κ1) is 14.6. The lowest BCUT2D eigenvalue weighted by molar-refractivity contribution is -0.0945. The van der Waals surface area contributed by atoms with Gasteiger partial charge in [0.15, 0.2) is 0 Å². The standard InChI is InChI=1S/C12H13BF5N/c13-11-6(2-1-3-7(11)12(16,17)18)10-8(14)4-19-5-9(10)15/h2,8-10,19H,1,3-5H2. The Morgan fingerprint density at radius 1 is 1.16 bits per heavy atom. The first-order valence-corrected chi connectivity index (χ1v) is 6.07. The van der Waals surface area contributed by atoms with Gasteiger partial charge in [0.1, 0.15) is 20.2 Å². The van der Waals surface area contributed by atoms with Crippen LogP contribution in [0.25, 0.3) is 0 Å². The van der Waals surface area contributed by atoms with Crippen molar-refractivity contribution in [1.29, 1.82) is 0 Å². The molecule has 1 aliphatic heterocycles. The molecule has 0 spiro atoms. The minimum atomic E-state index is -4.55. The second-order valence-corrected chi connectivity index (χ2v) is 4.80. The normalized spacial score (nSPS) is 33.3. The molecule has 19 heavy (non-hydrogen) atoms. The molecule has 2 atom stereocenters. The average Bonchev–Trinajstić information content (AvgIpc) is 2.29. The van der Waals surface area contributed by atoms with Crippen LogP contribution >= 0.6 is 0 Å². The van der Waals surface area contributed by atoms with Crippen LogP contribution in [-0.2, 0) is 0 Å². The maximum absolute atomic E-state index is 13.8. The summed E-state index contributed by atoms with van der Waals surface area (Å²) in [7, 11) is 5.50. The molecular weight excluding hydrogens is 264 g/mol. The fourth-order valence-corrected chi connectivity index (χ4v) is 2.63. The lowest BCUT2D eigenvalue weighted by Crippen LogP contribution is -2.47. The molecule has 104 valence electrons. The highest BCUT2D eigenvalue weighted by Crippen LogP contribution is 2.40. The Morgan fingerprint density at radius 3 is 2.26 bits per heavy atom. The van der Waals surface area contributed by atoms with Crippen molar-refractivity contribution in [2.24, 2.45) is 5.92 Å². The van der Waals surface area contributed by atoms with Crippen LogP contribution in [0.3, 0.4) is 0 Å². The third-order valence-corrected chi connectivity index (χ3v) is 3.55. The van der Waals surface area contributed by atoms with Crippen molar-refractivity contribution in [2.45, 2.75) is 31.4 Å². The van der Waals surface area contributed by atoms with Crippen LogP contribution in [-0.4, -0.2) is 39.5 Å². The molecule has 1 nitrogen and oxygen atoms in total. The predicted octanol–water partition coefficient (Wildman–Crippen LogP) is 2.59. The molecule has 0 amide bonds. The van der Waals surface area contributed by atoms with E-state index < -0.39 is 35.5 Å². The molecule has 2 unspecified atom stereocenters. The summed E-state index contributed by atoms with van der Waals surface area (Å²) >= 11 is 0. The van der Waals surface area contributed by atoms with Crippen molar-refractivity contribution in [3.8, 4) is 0 Å². The molecule has 1 aliphatic carbocycles. The molecule has 0 aromatic heterocycles. The van der Waals surface area contributed by atoms with Gasteiger partial charge in [-0.05, 0) is 18.4 Å². The lowest BCUT2D eigenvalue weighted by Gasteiger charge is -2.35. The summed E-state index contributed by atoms with van der Waals surface area (Å²) in [6.07, 6.45) is -6.39. The number of halogens is 5. The van der Waals surface area contributed by atoms with Gasteiger partial charge in [0.2, 0.25) is 0 Å². The van der Waals surface area contributed by atoms with E-state index in [0.29, 0.717) is 0 Å². The number of rotatable bonds is 1. The molecule has 0 aromatic carbocycles. The van der Waals surface area contributed by atoms with Crippen LogP contribution in [0.15, 0.2) is 22.7 Å². The van der Waals surface area contributed by atoms with E-state index in [1.165, 1.54) is 6.08 Å². The predicted molar refractivity (Wildman–Crippen MR) is 62.3 cm³/mol. The molecule has 1 fully saturated rings. The molecule has 2 aliphatic rings. The molecule has 1 heterocycles. The molecule has 0 bridgehead atoms. The minimum absolute atomic E-state index is 0.0277. The Kier molecular flexibility index (Phi) is 4.04. The zero-order valence-electron chi connectivity index (χ0n) is 10.1. The van der Waals surface area contributed by atoms with Crippen molar-refractivity contribution in [2.75, 3.05) is 13.1 Å². The van der Waals surface area contributed by atoms with Crippen molar-refractivity contribution in [1.82, 2.24) is 5.32 Å². The van der Waals surface area contributed by atoms with E-state index in [1.807, 2.05) is 0 Å². The first-order valence-electron chi connectivity index (χ1n) is 6.07. The molecule has 1 N–H and O–H groups in total. The first-order chi connectivity index (χ1) is 8.82. The van der Waals surface area contributed by atoms with Crippen molar-refractivity contribution < 1.29 is 22.0 Å². The molecule has 0 aromatic rings. The topological polar surface area (TPSA) is 12.0 Å². The maximum atomic E-state index is 13.8. The highest BCUT2D eigenvalue weighted by molar-refractivity contribution is 6.25. The Hall–Kier alpha value is -0.845. The van der Waals surface area contributed by atoms with Crippen molar-refractivity contribution in [3.05, 3.63) is 22.7 Å². The van der Waals surface area contributed by atoms with E-state index >= 15 is 0 Å². The fourth-order valence-electron chi connectivity index (χ4n) is 2.63. The smallest absolute Gasteiger partial charge is 0.311 e. The second kappa shape index (κ2) is 5.27. The summed E-state index contributed by atoms with van der Waals surface area (Å²) in [5.41, 5.74) is -1.40. The van der Waals surface area contributed by atoms with Crippen LogP contribution in [0.4, 0.5) is 22.0 Å². The number of hydrogen-bond donors (Lipinski definition) is 1. The number of nitrogens with one attached hydrogen (secondary N) is 1. The van der Waals surface area contributed by atoms with Gasteiger partial charge >= 0.3 is 6.18 Å². The van der Waals surface area contributed by atoms with Gasteiger partial charge in [-0.25, -0.2) is 8.78 Å². The largest absolute Gasteiger partial charge is 0.412 e. The Balaban J connectivity index is 2.34. The van der Waals surface area contributed by atoms with Gasteiger partial charge in [-0.2, -0.15) is 13.2 Å². The van der Waals surface area contributed by atoms with Gasteiger partial charge in [-0.15, -0.1) is 0 Å². The highest BCUT2D eigenvalue weighted by atomic mass is 19.4. The average molecular weight is 277 g/mol. The lowest BCUT2D eigenvalue weighted by atomic mass is 9.71. The maximum Gasteiger partial charge on any atom is 0.412 e. The molecular formula is C12H13BF5N. The van der Waals surface area contributed by atoms with E-state index in [4.69, 9.17) is 7.85 Å². The zero-order valence-corrected chi connectivity index (χ0v) is 10.1. The van der Waals surface area contributed by atoms with Gasteiger partial charge < -0.3 is 5.32 Å². The van der Waals surface area contributed by atoms with Crippen molar-refractivity contribution >= 4 is 7.85 Å². The Labute approximate surface area is 109 Å². The molecule has 7 heteroatoms. The number of piperidine rings is 1. The Bertz CT molecular complexity index is 405. The van der Waals surface area contributed by atoms with Gasteiger partial charge in [0, 0.05) is 24.6 Å². The molecule has 1 saturated heterocycles. The molecule has 0 saturated carbocycles. The van der Waals surface area contributed by atoms with Crippen LogP contribution in [0.5, 0.6) is 0 Å². The van der Waals surface area contributed by atoms with E-state index in [-0.39, 0.29) is 31.5 Å². The summed E-state index contributed by atoms with van der Waals surface area (Å²) in [6, 6.07) is 0. The van der Waals surface area contributed by atoms with E-state index in [2.05, 4.69) is 5.32 Å². The minimum Gasteiger partial charge on any atom is -0.311 e. The van der Waals surface area contributed by atoms with Gasteiger partial charge in [-0.3, -0.25) is 0 Å². The third-order valence-electron chi connectivity index (χ3n) is 3.55. The zero-order chi connectivity index (χ0) is 14.2. The number of alkyl halides is 5. The van der Waals surface area contributed by atoms with Crippen LogP contribution in [0.1, 0.15) is 12.8 Å². The van der Waals surface area contributed by atoms with E-state index in [0.717, 1.165) is 0 Å². The second-order valence-electron chi connectivity index (χ2n) is 4.80. The summed E-state index contributed by atoms with van der Waals surface area (Å²) in [4.78, 5) is 0. The summed E-state index contributed by atoms with van der Waals surface area (Å²) in [5.74, 6) is -1.21. The third kappa shape index (κ3) is 2.85. The van der Waals surface area contributed by atoms with Crippen LogP contribution in [0.2, 0.25) is 0 Å². The van der Waals surface area contributed by atoms with Gasteiger partial charge in [0.05, 0.1) is 0 Å². The van der Waals surface area contributed by atoms with Crippen molar-refractivity contribution in [3.63, 3.8) is 0 Å². The van der Waals surface area contributed by atoms with Crippen LogP contribution in [0, 0.1) is 5.92 Å². The van der Waals surface area contributed by atoms with E-state index in [9.17, 15) is 22.0 Å². The Morgan fingerprint density at radius 2 is 1.74 bits per heavy atom. The summed E-state index contributed by atoms with van der Waals surface area (Å²) in [6.45, 7) is -0.145. The summed E-state index contributed by atoms with van der Waals surface area (Å²) < 4.78 is 65.8. The van der Waals surface area contributed by atoms with Crippen LogP contribution < -0.4 is 5.32 Å². The fraction of sp³-hybridized carbons (Fsp3) is 0.667. The molecule has 2 radical (unpaired) electrons. The van der Waals surface area contributed by atoms with E-state index in [1.54, 1.807) is 0 Å². The number of hydrogen-bond acceptors (Lipinski definition) is 1. The summed E-state index contributed by atoms with van der Waals surface area (Å²) in [5, 5.41) is 2.55. The molecule has 2 rings (SSSR count). The SMILES string of the molecule is [B]C1=C(C(F)(F)F)CCC=C1C1C(F)CNCC1F. The van der Waals surface area contributed by atoms with Gasteiger partial charge in [-0.1, -0.05) is 11.5 Å². The highest BCUT2D eigenvalue weighted by Gasteiger charge is 2.41. The monoisotopic (exact) mass is 277 g/mol. The quantitative estimate of drug-likeness (QED) is 0.574. The van der Waals surface area contributed by atoms with Gasteiger partial charge in [0.25, 0.3) is 0 Å².